The second-order valence-corrected chi connectivity index (χ2v) is 8.90. The van der Waals surface area contributed by atoms with E-state index in [9.17, 15) is 0 Å². The minimum atomic E-state index is 0.387. The van der Waals surface area contributed by atoms with Crippen molar-refractivity contribution >= 4 is 5.96 Å². The van der Waals surface area contributed by atoms with Crippen LogP contribution in [0.3, 0.4) is 0 Å². The van der Waals surface area contributed by atoms with Crippen LogP contribution in [-0.4, -0.2) is 75.8 Å². The van der Waals surface area contributed by atoms with Crippen LogP contribution in [0, 0.1) is 5.41 Å². The largest absolute Gasteiger partial charge is 0.385 e. The van der Waals surface area contributed by atoms with E-state index in [1.165, 1.54) is 63.1 Å². The molecule has 0 unspecified atom stereocenters. The van der Waals surface area contributed by atoms with E-state index in [2.05, 4.69) is 56.6 Å². The molecule has 0 spiro atoms. The molecule has 6 nitrogen and oxygen atoms in total. The number of likely N-dealkylation sites (N-methyl/N-ethyl adjacent to an activating group) is 1. The van der Waals surface area contributed by atoms with Gasteiger partial charge in [0.15, 0.2) is 5.96 Å². The summed E-state index contributed by atoms with van der Waals surface area (Å²) in [6, 6.07) is 9.02. The number of nitrogens with zero attached hydrogens (tertiary/aromatic N) is 3. The predicted molar refractivity (Wildman–Crippen MR) is 125 cm³/mol. The lowest BCUT2D eigenvalue weighted by molar-refractivity contribution is 0.0732. The molecule has 0 amide bonds. The van der Waals surface area contributed by atoms with Crippen molar-refractivity contribution in [3.63, 3.8) is 0 Å². The maximum atomic E-state index is 5.30. The van der Waals surface area contributed by atoms with Gasteiger partial charge in [-0.25, -0.2) is 0 Å². The summed E-state index contributed by atoms with van der Waals surface area (Å²) in [6.07, 6.45) is 5.03. The zero-order valence-corrected chi connectivity index (χ0v) is 19.3. The number of methoxy groups -OCH3 is 1. The second-order valence-electron chi connectivity index (χ2n) is 8.90. The molecular weight excluding hydrogens is 374 g/mol. The lowest BCUT2D eigenvalue weighted by Gasteiger charge is -2.42. The molecule has 0 bridgehead atoms. The Balaban J connectivity index is 1.40. The van der Waals surface area contributed by atoms with Gasteiger partial charge in [0.2, 0.25) is 0 Å². The molecule has 0 atom stereocenters. The standard InChI is InChI=1S/C24H41N5O/c1-4-28-13-15-29(16-14-28)19-22-8-6-21(7-9-22)18-26-23(25-2)27-20-24(10-5-11-24)12-17-30-3/h6-9H,4-5,10-20H2,1-3H3,(H2,25,26,27). The van der Waals surface area contributed by atoms with E-state index < -0.39 is 0 Å². The van der Waals surface area contributed by atoms with Crippen LogP contribution in [0.4, 0.5) is 0 Å². The van der Waals surface area contributed by atoms with Gasteiger partial charge in [-0.1, -0.05) is 37.6 Å². The van der Waals surface area contributed by atoms with Crippen LogP contribution in [-0.2, 0) is 17.8 Å². The summed E-state index contributed by atoms with van der Waals surface area (Å²) in [5.74, 6) is 0.886. The second kappa shape index (κ2) is 11.7. The van der Waals surface area contributed by atoms with Gasteiger partial charge in [0.1, 0.15) is 0 Å². The van der Waals surface area contributed by atoms with E-state index in [1.807, 2.05) is 7.05 Å². The fourth-order valence-corrected chi connectivity index (χ4v) is 4.47. The number of guanidine groups is 1. The molecule has 30 heavy (non-hydrogen) atoms. The number of hydrogen-bond donors (Lipinski definition) is 2. The molecule has 1 aliphatic heterocycles. The fourth-order valence-electron chi connectivity index (χ4n) is 4.47. The van der Waals surface area contributed by atoms with Gasteiger partial charge in [-0.2, -0.15) is 0 Å². The van der Waals surface area contributed by atoms with Crippen molar-refractivity contribution in [2.75, 3.05) is 60.0 Å². The monoisotopic (exact) mass is 415 g/mol. The van der Waals surface area contributed by atoms with Gasteiger partial charge in [0.05, 0.1) is 0 Å². The quantitative estimate of drug-likeness (QED) is 0.455. The number of nitrogens with one attached hydrogen (secondary N) is 2. The maximum absolute atomic E-state index is 5.30. The molecule has 168 valence electrons. The van der Waals surface area contributed by atoms with Crippen molar-refractivity contribution in [1.29, 1.82) is 0 Å². The van der Waals surface area contributed by atoms with Gasteiger partial charge in [0.25, 0.3) is 0 Å². The molecule has 2 fully saturated rings. The van der Waals surface area contributed by atoms with Gasteiger partial charge >= 0.3 is 0 Å². The first-order valence-corrected chi connectivity index (χ1v) is 11.6. The average molecular weight is 416 g/mol. The highest BCUT2D eigenvalue weighted by Gasteiger charge is 2.36. The fraction of sp³-hybridized carbons (Fsp3) is 0.708. The molecule has 0 radical (unpaired) electrons. The molecule has 2 N–H and O–H groups in total. The molecule has 1 aromatic carbocycles. The highest BCUT2D eigenvalue weighted by atomic mass is 16.5. The molecule has 6 heteroatoms. The smallest absolute Gasteiger partial charge is 0.191 e. The highest BCUT2D eigenvalue weighted by Crippen LogP contribution is 2.43. The first-order chi connectivity index (χ1) is 14.7. The molecule has 0 aromatic heterocycles. The van der Waals surface area contributed by atoms with Crippen LogP contribution in [0.1, 0.15) is 43.7 Å². The molecule has 1 saturated heterocycles. The zero-order chi connectivity index (χ0) is 21.2. The molecule has 1 aliphatic carbocycles. The van der Waals surface area contributed by atoms with Crippen LogP contribution in [0.2, 0.25) is 0 Å². The van der Waals surface area contributed by atoms with Crippen LogP contribution in [0.25, 0.3) is 0 Å². The van der Waals surface area contributed by atoms with E-state index >= 15 is 0 Å². The lowest BCUT2D eigenvalue weighted by atomic mass is 9.67. The van der Waals surface area contributed by atoms with Crippen molar-refractivity contribution in [1.82, 2.24) is 20.4 Å². The zero-order valence-electron chi connectivity index (χ0n) is 19.3. The number of piperazine rings is 1. The summed E-state index contributed by atoms with van der Waals surface area (Å²) in [5.41, 5.74) is 3.07. The molecule has 1 aromatic rings. The summed E-state index contributed by atoms with van der Waals surface area (Å²) < 4.78 is 5.30. The first kappa shape index (κ1) is 23.0. The van der Waals surface area contributed by atoms with Crippen molar-refractivity contribution in [3.05, 3.63) is 35.4 Å². The molecule has 3 rings (SSSR count). The van der Waals surface area contributed by atoms with Crippen LogP contribution < -0.4 is 10.6 Å². The van der Waals surface area contributed by atoms with E-state index in [4.69, 9.17) is 4.74 Å². The minimum Gasteiger partial charge on any atom is -0.385 e. The van der Waals surface area contributed by atoms with Gasteiger partial charge in [-0.05, 0) is 42.3 Å². The Kier molecular flexibility index (Phi) is 8.97. The lowest BCUT2D eigenvalue weighted by Crippen LogP contribution is -2.46. The number of ether oxygens (including phenoxy) is 1. The maximum Gasteiger partial charge on any atom is 0.191 e. The van der Waals surface area contributed by atoms with Crippen molar-refractivity contribution in [2.45, 2.75) is 45.7 Å². The number of benzene rings is 1. The molecule has 2 aliphatic rings. The Morgan fingerprint density at radius 2 is 1.70 bits per heavy atom. The first-order valence-electron chi connectivity index (χ1n) is 11.6. The third kappa shape index (κ3) is 6.69. The highest BCUT2D eigenvalue weighted by molar-refractivity contribution is 5.79. The van der Waals surface area contributed by atoms with Crippen molar-refractivity contribution in [2.24, 2.45) is 10.4 Å². The number of rotatable bonds is 10. The van der Waals surface area contributed by atoms with Crippen LogP contribution in [0.5, 0.6) is 0 Å². The third-order valence-corrected chi connectivity index (χ3v) is 6.91. The van der Waals surface area contributed by atoms with Gasteiger partial charge in [-0.3, -0.25) is 9.89 Å². The number of aliphatic imine (C=N–C) groups is 1. The van der Waals surface area contributed by atoms with E-state index in [1.54, 1.807) is 7.11 Å². The normalized spacial score (nSPS) is 20.0. The summed E-state index contributed by atoms with van der Waals surface area (Å²) >= 11 is 0. The third-order valence-electron chi connectivity index (χ3n) is 6.91. The van der Waals surface area contributed by atoms with Crippen molar-refractivity contribution in [3.8, 4) is 0 Å². The van der Waals surface area contributed by atoms with Gasteiger partial charge < -0.3 is 20.3 Å². The average Bonchev–Trinajstić information content (AvgIpc) is 2.76. The molecule has 1 heterocycles. The van der Waals surface area contributed by atoms with E-state index in [-0.39, 0.29) is 0 Å². The summed E-state index contributed by atoms with van der Waals surface area (Å²) in [7, 11) is 3.64. The Labute approximate surface area is 183 Å². The Morgan fingerprint density at radius 1 is 1.03 bits per heavy atom. The molecular formula is C24H41N5O. The van der Waals surface area contributed by atoms with Crippen LogP contribution in [0.15, 0.2) is 29.3 Å². The summed E-state index contributed by atoms with van der Waals surface area (Å²) in [5, 5.41) is 7.00. The van der Waals surface area contributed by atoms with Gasteiger partial charge in [0, 0.05) is 66.6 Å². The Bertz CT molecular complexity index is 648. The summed E-state index contributed by atoms with van der Waals surface area (Å²) in [6.45, 7) is 11.8. The molecule has 1 saturated carbocycles. The number of hydrogen-bond acceptors (Lipinski definition) is 4. The van der Waals surface area contributed by atoms with Crippen molar-refractivity contribution < 1.29 is 4.74 Å². The SMILES string of the molecule is CCN1CCN(Cc2ccc(CNC(=NC)NCC3(CCOC)CCC3)cc2)CC1. The topological polar surface area (TPSA) is 52.1 Å². The van der Waals surface area contributed by atoms with Crippen LogP contribution >= 0.6 is 0 Å². The van der Waals surface area contributed by atoms with E-state index in [0.29, 0.717) is 5.41 Å². The van der Waals surface area contributed by atoms with E-state index in [0.717, 1.165) is 38.6 Å². The minimum absolute atomic E-state index is 0.387. The Hall–Kier alpha value is -1.63. The summed E-state index contributed by atoms with van der Waals surface area (Å²) in [4.78, 5) is 9.49. The Morgan fingerprint density at radius 3 is 2.27 bits per heavy atom. The van der Waals surface area contributed by atoms with Gasteiger partial charge in [-0.15, -0.1) is 0 Å². The predicted octanol–water partition coefficient (Wildman–Crippen LogP) is 2.70.